The minimum atomic E-state index is -1.32. The van der Waals surface area contributed by atoms with E-state index in [2.05, 4.69) is 5.32 Å². The standard InChI is InChI=1S/C13H23N3O4/c1-4-13(2,11(18)19)14-12(20)15(3)9-10(17)16-7-5-6-8-16/h4-9H2,1-3H3,(H,14,20)(H,18,19). The molecule has 1 aliphatic rings. The van der Waals surface area contributed by atoms with Gasteiger partial charge in [0.25, 0.3) is 0 Å². The highest BCUT2D eigenvalue weighted by Crippen LogP contribution is 2.11. The molecule has 0 saturated carbocycles. The van der Waals surface area contributed by atoms with Crippen LogP contribution in [0, 0.1) is 0 Å². The molecule has 1 fully saturated rings. The van der Waals surface area contributed by atoms with Gasteiger partial charge in [-0.05, 0) is 26.2 Å². The molecule has 7 heteroatoms. The van der Waals surface area contributed by atoms with E-state index in [9.17, 15) is 14.4 Å². The summed E-state index contributed by atoms with van der Waals surface area (Å²) in [5, 5.41) is 11.6. The average molecular weight is 285 g/mol. The number of nitrogens with zero attached hydrogens (tertiary/aromatic N) is 2. The lowest BCUT2D eigenvalue weighted by molar-refractivity contribution is -0.143. The molecule has 0 spiro atoms. The zero-order valence-electron chi connectivity index (χ0n) is 12.3. The lowest BCUT2D eigenvalue weighted by Gasteiger charge is -2.28. The monoisotopic (exact) mass is 285 g/mol. The number of aliphatic carboxylic acids is 1. The third kappa shape index (κ3) is 3.85. The Labute approximate surface area is 118 Å². The average Bonchev–Trinajstić information content (AvgIpc) is 2.91. The van der Waals surface area contributed by atoms with Crippen molar-refractivity contribution in [3.8, 4) is 0 Å². The molecule has 1 saturated heterocycles. The molecule has 0 bridgehead atoms. The quantitative estimate of drug-likeness (QED) is 0.770. The number of hydrogen-bond donors (Lipinski definition) is 2. The summed E-state index contributed by atoms with van der Waals surface area (Å²) in [7, 11) is 1.49. The largest absolute Gasteiger partial charge is 0.480 e. The topological polar surface area (TPSA) is 90.0 Å². The molecule has 0 aromatic carbocycles. The maximum absolute atomic E-state index is 12.0. The van der Waals surface area contributed by atoms with E-state index in [0.717, 1.165) is 25.9 Å². The summed E-state index contributed by atoms with van der Waals surface area (Å²) in [6, 6.07) is -0.552. The summed E-state index contributed by atoms with van der Waals surface area (Å²) < 4.78 is 0. The van der Waals surface area contributed by atoms with E-state index in [1.165, 1.54) is 18.9 Å². The molecule has 0 aromatic heterocycles. The normalized spacial score (nSPS) is 17.4. The Morgan fingerprint density at radius 3 is 2.30 bits per heavy atom. The number of carboxylic acid groups (broad SMARTS) is 1. The number of carbonyl (C=O) groups excluding carboxylic acids is 2. The van der Waals surface area contributed by atoms with Gasteiger partial charge in [-0.2, -0.15) is 0 Å². The third-order valence-corrected chi connectivity index (χ3v) is 3.74. The molecule has 114 valence electrons. The Balaban J connectivity index is 2.54. The highest BCUT2D eigenvalue weighted by Gasteiger charge is 2.34. The van der Waals surface area contributed by atoms with E-state index < -0.39 is 17.5 Å². The molecule has 1 atom stereocenters. The van der Waals surface area contributed by atoms with Crippen LogP contribution < -0.4 is 5.32 Å². The highest BCUT2D eigenvalue weighted by molar-refractivity contribution is 5.88. The lowest BCUT2D eigenvalue weighted by atomic mass is 10.00. The molecule has 2 N–H and O–H groups in total. The molecule has 0 aromatic rings. The minimum Gasteiger partial charge on any atom is -0.480 e. The summed E-state index contributed by atoms with van der Waals surface area (Å²) in [5.41, 5.74) is -1.32. The molecule has 20 heavy (non-hydrogen) atoms. The number of amides is 3. The van der Waals surface area contributed by atoms with Gasteiger partial charge in [-0.25, -0.2) is 9.59 Å². The number of urea groups is 1. The Morgan fingerprint density at radius 1 is 1.30 bits per heavy atom. The van der Waals surface area contributed by atoms with Crippen LogP contribution >= 0.6 is 0 Å². The Kier molecular flexibility index (Phi) is 5.35. The van der Waals surface area contributed by atoms with E-state index in [4.69, 9.17) is 5.11 Å². The van der Waals surface area contributed by atoms with E-state index >= 15 is 0 Å². The van der Waals surface area contributed by atoms with Gasteiger partial charge in [0.1, 0.15) is 12.1 Å². The third-order valence-electron chi connectivity index (χ3n) is 3.74. The number of likely N-dealkylation sites (N-methyl/N-ethyl adjacent to an activating group) is 1. The van der Waals surface area contributed by atoms with Crippen molar-refractivity contribution in [2.24, 2.45) is 0 Å². The van der Waals surface area contributed by atoms with Crippen molar-refractivity contribution >= 4 is 17.9 Å². The SMILES string of the molecule is CCC(C)(NC(=O)N(C)CC(=O)N1CCCC1)C(=O)O. The predicted octanol–water partition coefficient (Wildman–Crippen LogP) is 0.504. The second-order valence-corrected chi connectivity index (χ2v) is 5.36. The molecule has 1 aliphatic heterocycles. The van der Waals surface area contributed by atoms with Crippen LogP contribution in [-0.2, 0) is 9.59 Å². The van der Waals surface area contributed by atoms with Crippen LogP contribution in [-0.4, -0.2) is 65.0 Å². The van der Waals surface area contributed by atoms with Crippen LogP contribution in [0.25, 0.3) is 0 Å². The van der Waals surface area contributed by atoms with Gasteiger partial charge in [-0.1, -0.05) is 6.92 Å². The molecule has 1 heterocycles. The van der Waals surface area contributed by atoms with Crippen molar-refractivity contribution in [2.75, 3.05) is 26.7 Å². The first kappa shape index (κ1) is 16.3. The molecule has 0 aliphatic carbocycles. The number of carboxylic acids is 1. The highest BCUT2D eigenvalue weighted by atomic mass is 16.4. The first-order valence-corrected chi connectivity index (χ1v) is 6.84. The molecule has 1 unspecified atom stereocenters. The van der Waals surface area contributed by atoms with Gasteiger partial charge in [0.2, 0.25) is 5.91 Å². The molecule has 0 radical (unpaired) electrons. The smallest absolute Gasteiger partial charge is 0.329 e. The van der Waals surface area contributed by atoms with Gasteiger partial charge >= 0.3 is 12.0 Å². The van der Waals surface area contributed by atoms with Crippen LogP contribution in [0.4, 0.5) is 4.79 Å². The number of likely N-dealkylation sites (tertiary alicyclic amines) is 1. The second-order valence-electron chi connectivity index (χ2n) is 5.36. The number of carbonyl (C=O) groups is 3. The first-order valence-electron chi connectivity index (χ1n) is 6.84. The summed E-state index contributed by atoms with van der Waals surface area (Å²) in [6.07, 6.45) is 2.26. The van der Waals surface area contributed by atoms with Crippen LogP contribution in [0.1, 0.15) is 33.1 Å². The van der Waals surface area contributed by atoms with Crippen molar-refractivity contribution in [3.63, 3.8) is 0 Å². The van der Waals surface area contributed by atoms with E-state index in [-0.39, 0.29) is 18.9 Å². The van der Waals surface area contributed by atoms with Crippen molar-refractivity contribution in [1.82, 2.24) is 15.1 Å². The van der Waals surface area contributed by atoms with Crippen LogP contribution in [0.5, 0.6) is 0 Å². The van der Waals surface area contributed by atoms with Gasteiger partial charge in [-0.15, -0.1) is 0 Å². The van der Waals surface area contributed by atoms with Crippen LogP contribution in [0.3, 0.4) is 0 Å². The molecular formula is C13H23N3O4. The number of nitrogens with one attached hydrogen (secondary N) is 1. The Bertz CT molecular complexity index is 393. The summed E-state index contributed by atoms with van der Waals surface area (Å²) in [4.78, 5) is 37.9. The summed E-state index contributed by atoms with van der Waals surface area (Å²) in [5.74, 6) is -1.19. The molecular weight excluding hydrogens is 262 g/mol. The predicted molar refractivity (Wildman–Crippen MR) is 73.3 cm³/mol. The first-order chi connectivity index (χ1) is 9.30. The van der Waals surface area contributed by atoms with Gasteiger partial charge in [0.15, 0.2) is 0 Å². The van der Waals surface area contributed by atoms with Gasteiger partial charge in [-0.3, -0.25) is 4.79 Å². The minimum absolute atomic E-state index is 0.0365. The fraction of sp³-hybridized carbons (Fsp3) is 0.769. The second kappa shape index (κ2) is 6.58. The molecule has 3 amide bonds. The maximum atomic E-state index is 12.0. The fourth-order valence-corrected chi connectivity index (χ4v) is 1.97. The zero-order valence-corrected chi connectivity index (χ0v) is 12.3. The summed E-state index contributed by atoms with van der Waals surface area (Å²) in [6.45, 7) is 4.56. The summed E-state index contributed by atoms with van der Waals surface area (Å²) >= 11 is 0. The Hall–Kier alpha value is -1.79. The van der Waals surface area contributed by atoms with Gasteiger partial charge in [0, 0.05) is 20.1 Å². The Morgan fingerprint density at radius 2 is 1.85 bits per heavy atom. The number of rotatable bonds is 5. The zero-order chi connectivity index (χ0) is 15.3. The van der Waals surface area contributed by atoms with Gasteiger partial charge < -0.3 is 20.2 Å². The van der Waals surface area contributed by atoms with Gasteiger partial charge in [0.05, 0.1) is 0 Å². The lowest BCUT2D eigenvalue weighted by Crippen LogP contribution is -2.56. The van der Waals surface area contributed by atoms with E-state index in [0.29, 0.717) is 0 Å². The van der Waals surface area contributed by atoms with Crippen molar-refractivity contribution in [1.29, 1.82) is 0 Å². The fourth-order valence-electron chi connectivity index (χ4n) is 1.97. The van der Waals surface area contributed by atoms with Crippen molar-refractivity contribution < 1.29 is 19.5 Å². The van der Waals surface area contributed by atoms with Crippen LogP contribution in [0.15, 0.2) is 0 Å². The van der Waals surface area contributed by atoms with Crippen molar-refractivity contribution in [2.45, 2.75) is 38.6 Å². The van der Waals surface area contributed by atoms with E-state index in [1.807, 2.05) is 0 Å². The molecule has 7 nitrogen and oxygen atoms in total. The number of hydrogen-bond acceptors (Lipinski definition) is 3. The molecule has 1 rings (SSSR count). The van der Waals surface area contributed by atoms with Crippen molar-refractivity contribution in [3.05, 3.63) is 0 Å². The van der Waals surface area contributed by atoms with Crippen LogP contribution in [0.2, 0.25) is 0 Å². The van der Waals surface area contributed by atoms with E-state index in [1.54, 1.807) is 11.8 Å². The maximum Gasteiger partial charge on any atom is 0.329 e.